The normalized spacial score (nSPS) is 12.6. The molecule has 8 nitrogen and oxygen atoms in total. The SMILES string of the molecule is CO[Si](CCCC(CCC[Si](OC)(OC)OC)CN(C)C(C)=O)(OC)OC. The van der Waals surface area contributed by atoms with E-state index in [2.05, 4.69) is 0 Å². The monoisotopic (exact) mass is 425 g/mol. The summed E-state index contributed by atoms with van der Waals surface area (Å²) in [7, 11) is 6.50. The number of hydrogen-bond donors (Lipinski definition) is 0. The smallest absolute Gasteiger partial charge is 0.377 e. The Bertz CT molecular complexity index is 364. The second-order valence-electron chi connectivity index (χ2n) is 6.64. The standard InChI is InChI=1S/C17H39NO7Si2/c1-16(19)18(2)15-17(11-9-13-26(20-3,21-4)22-5)12-10-14-27(23-6,24-7)25-8/h17H,9-15H2,1-8H3. The molecule has 0 aliphatic rings. The summed E-state index contributed by atoms with van der Waals surface area (Å²) >= 11 is 0. The Morgan fingerprint density at radius 3 is 1.37 bits per heavy atom. The van der Waals surface area contributed by atoms with Crippen molar-refractivity contribution in [2.24, 2.45) is 5.92 Å². The van der Waals surface area contributed by atoms with Crippen LogP contribution < -0.4 is 0 Å². The average Bonchev–Trinajstić information content (AvgIpc) is 2.69. The number of rotatable bonds is 16. The van der Waals surface area contributed by atoms with E-state index in [1.807, 2.05) is 7.05 Å². The van der Waals surface area contributed by atoms with Gasteiger partial charge in [-0.15, -0.1) is 0 Å². The zero-order valence-electron chi connectivity index (χ0n) is 18.3. The van der Waals surface area contributed by atoms with Gasteiger partial charge in [0.25, 0.3) is 0 Å². The molecule has 0 atom stereocenters. The molecule has 0 radical (unpaired) electrons. The van der Waals surface area contributed by atoms with E-state index in [-0.39, 0.29) is 5.91 Å². The molecule has 0 aromatic rings. The third-order valence-corrected chi connectivity index (χ3v) is 10.8. The molecule has 10 heteroatoms. The lowest BCUT2D eigenvalue weighted by Crippen LogP contribution is -2.43. The van der Waals surface area contributed by atoms with Crippen LogP contribution in [0, 0.1) is 5.92 Å². The Kier molecular flexibility index (Phi) is 13.6. The van der Waals surface area contributed by atoms with E-state index in [0.717, 1.165) is 44.3 Å². The van der Waals surface area contributed by atoms with E-state index >= 15 is 0 Å². The molecule has 0 spiro atoms. The molecule has 0 aliphatic carbocycles. The minimum absolute atomic E-state index is 0.0730. The van der Waals surface area contributed by atoms with Gasteiger partial charge in [-0.1, -0.05) is 0 Å². The summed E-state index contributed by atoms with van der Waals surface area (Å²) in [6, 6.07) is 1.51. The zero-order chi connectivity index (χ0) is 20.9. The summed E-state index contributed by atoms with van der Waals surface area (Å²) < 4.78 is 33.0. The lowest BCUT2D eigenvalue weighted by molar-refractivity contribution is -0.128. The molecule has 27 heavy (non-hydrogen) atoms. The van der Waals surface area contributed by atoms with E-state index in [9.17, 15) is 4.79 Å². The van der Waals surface area contributed by atoms with Crippen LogP contribution in [0.5, 0.6) is 0 Å². The second kappa shape index (κ2) is 13.8. The van der Waals surface area contributed by atoms with Crippen LogP contribution in [0.4, 0.5) is 0 Å². The molecule has 0 unspecified atom stereocenters. The Hall–Kier alpha value is -0.336. The van der Waals surface area contributed by atoms with Crippen LogP contribution in [0.3, 0.4) is 0 Å². The van der Waals surface area contributed by atoms with E-state index in [1.54, 1.807) is 54.5 Å². The third-order valence-electron chi connectivity index (χ3n) is 5.13. The fourth-order valence-electron chi connectivity index (χ4n) is 3.17. The molecule has 0 bridgehead atoms. The summed E-state index contributed by atoms with van der Waals surface area (Å²) in [5.41, 5.74) is 0. The second-order valence-corrected chi connectivity index (χ2v) is 12.8. The van der Waals surface area contributed by atoms with Crippen molar-refractivity contribution in [2.45, 2.75) is 44.7 Å². The maximum absolute atomic E-state index is 11.6. The number of carbonyl (C=O) groups excluding carboxylic acids is 1. The van der Waals surface area contributed by atoms with Crippen LogP contribution in [-0.2, 0) is 31.4 Å². The molecule has 0 aromatic heterocycles. The van der Waals surface area contributed by atoms with E-state index in [1.165, 1.54) is 0 Å². The maximum Gasteiger partial charge on any atom is 0.500 e. The van der Waals surface area contributed by atoms with Crippen LogP contribution in [0.15, 0.2) is 0 Å². The van der Waals surface area contributed by atoms with Crippen molar-refractivity contribution in [3.8, 4) is 0 Å². The number of hydrogen-bond acceptors (Lipinski definition) is 7. The highest BCUT2D eigenvalue weighted by atomic mass is 28.4. The topological polar surface area (TPSA) is 75.7 Å². The summed E-state index contributed by atoms with van der Waals surface area (Å²) in [4.78, 5) is 13.4. The molecular weight excluding hydrogens is 386 g/mol. The first-order valence-corrected chi connectivity index (χ1v) is 13.2. The van der Waals surface area contributed by atoms with E-state index < -0.39 is 17.6 Å². The number of carbonyl (C=O) groups is 1. The van der Waals surface area contributed by atoms with E-state index in [0.29, 0.717) is 5.92 Å². The highest BCUT2D eigenvalue weighted by molar-refractivity contribution is 6.60. The van der Waals surface area contributed by atoms with Crippen molar-refractivity contribution in [1.82, 2.24) is 4.90 Å². The van der Waals surface area contributed by atoms with Crippen molar-refractivity contribution in [1.29, 1.82) is 0 Å². The highest BCUT2D eigenvalue weighted by Crippen LogP contribution is 2.25. The Morgan fingerprint density at radius 2 is 1.11 bits per heavy atom. The first-order chi connectivity index (χ1) is 12.8. The van der Waals surface area contributed by atoms with Crippen molar-refractivity contribution in [3.63, 3.8) is 0 Å². The Morgan fingerprint density at radius 1 is 0.778 bits per heavy atom. The van der Waals surface area contributed by atoms with Gasteiger partial charge in [0, 0.05) is 75.3 Å². The van der Waals surface area contributed by atoms with Crippen LogP contribution in [0.2, 0.25) is 12.1 Å². The summed E-state index contributed by atoms with van der Waals surface area (Å²) in [5, 5.41) is 0. The molecule has 162 valence electrons. The Labute approximate surface area is 167 Å². The molecular formula is C17H39NO7Si2. The average molecular weight is 426 g/mol. The quantitative estimate of drug-likeness (QED) is 0.351. The molecule has 0 saturated heterocycles. The first-order valence-electron chi connectivity index (χ1n) is 9.30. The minimum Gasteiger partial charge on any atom is -0.377 e. The van der Waals surface area contributed by atoms with Gasteiger partial charge in [-0.2, -0.15) is 0 Å². The molecule has 0 aliphatic heterocycles. The van der Waals surface area contributed by atoms with Crippen molar-refractivity contribution < 1.29 is 31.4 Å². The maximum atomic E-state index is 11.6. The van der Waals surface area contributed by atoms with Crippen molar-refractivity contribution in [3.05, 3.63) is 0 Å². The molecule has 0 fully saturated rings. The van der Waals surface area contributed by atoms with Gasteiger partial charge in [-0.3, -0.25) is 4.79 Å². The lowest BCUT2D eigenvalue weighted by Gasteiger charge is -2.28. The van der Waals surface area contributed by atoms with Crippen LogP contribution >= 0.6 is 0 Å². The van der Waals surface area contributed by atoms with Gasteiger partial charge < -0.3 is 31.5 Å². The predicted octanol–water partition coefficient (Wildman–Crippen LogP) is 2.40. The predicted molar refractivity (Wildman–Crippen MR) is 108 cm³/mol. The van der Waals surface area contributed by atoms with Gasteiger partial charge in [0.2, 0.25) is 5.91 Å². The molecule has 0 N–H and O–H groups in total. The zero-order valence-corrected chi connectivity index (χ0v) is 20.3. The summed E-state index contributed by atoms with van der Waals surface area (Å²) in [6.45, 7) is 2.31. The minimum atomic E-state index is -2.56. The van der Waals surface area contributed by atoms with Crippen LogP contribution in [0.1, 0.15) is 32.6 Å². The van der Waals surface area contributed by atoms with Gasteiger partial charge in [0.05, 0.1) is 0 Å². The molecule has 0 rings (SSSR count). The fraction of sp³-hybridized carbons (Fsp3) is 0.941. The van der Waals surface area contributed by atoms with Gasteiger partial charge in [-0.05, 0) is 31.6 Å². The third kappa shape index (κ3) is 9.13. The van der Waals surface area contributed by atoms with E-state index in [4.69, 9.17) is 26.6 Å². The summed E-state index contributed by atoms with van der Waals surface area (Å²) in [6.07, 6.45) is 3.76. The van der Waals surface area contributed by atoms with Crippen LogP contribution in [0.25, 0.3) is 0 Å². The fourth-order valence-corrected chi connectivity index (χ4v) is 6.67. The lowest BCUT2D eigenvalue weighted by atomic mass is 9.97. The van der Waals surface area contributed by atoms with Crippen molar-refractivity contribution >= 4 is 23.5 Å². The molecule has 0 saturated carbocycles. The molecule has 1 amide bonds. The largest absolute Gasteiger partial charge is 0.500 e. The first kappa shape index (κ1) is 26.7. The van der Waals surface area contributed by atoms with Gasteiger partial charge in [0.15, 0.2) is 0 Å². The highest BCUT2D eigenvalue weighted by Gasteiger charge is 2.38. The number of amides is 1. The number of nitrogens with zero attached hydrogens (tertiary/aromatic N) is 1. The van der Waals surface area contributed by atoms with Gasteiger partial charge >= 0.3 is 17.6 Å². The molecule has 0 aromatic carbocycles. The summed E-state index contributed by atoms with van der Waals surface area (Å²) in [5.74, 6) is 0.442. The van der Waals surface area contributed by atoms with Gasteiger partial charge in [0.1, 0.15) is 0 Å². The molecule has 0 heterocycles. The van der Waals surface area contributed by atoms with Crippen molar-refractivity contribution in [2.75, 3.05) is 56.3 Å². The van der Waals surface area contributed by atoms with Gasteiger partial charge in [-0.25, -0.2) is 0 Å². The van der Waals surface area contributed by atoms with Crippen LogP contribution in [-0.4, -0.2) is 84.7 Å². The Balaban J connectivity index is 4.76.